The molecule has 0 bridgehead atoms. The van der Waals surface area contributed by atoms with Gasteiger partial charge in [0.2, 0.25) is 0 Å². The van der Waals surface area contributed by atoms with Gasteiger partial charge in [-0.1, -0.05) is 39.0 Å². The van der Waals surface area contributed by atoms with Gasteiger partial charge in [-0.25, -0.2) is 0 Å². The summed E-state index contributed by atoms with van der Waals surface area (Å²) in [5, 5.41) is 12.8. The van der Waals surface area contributed by atoms with Crippen LogP contribution in [0.4, 0.5) is 0 Å². The van der Waals surface area contributed by atoms with E-state index in [1.165, 1.54) is 44.9 Å². The summed E-state index contributed by atoms with van der Waals surface area (Å²) >= 11 is 0. The van der Waals surface area contributed by atoms with Gasteiger partial charge in [-0.05, 0) is 33.1 Å². The quantitative estimate of drug-likeness (QED) is 0.546. The fourth-order valence-electron chi connectivity index (χ4n) is 2.62. The molecule has 0 aromatic rings. The molecule has 2 unspecified atom stereocenters. The second-order valence-electron chi connectivity index (χ2n) is 6.52. The molecule has 0 radical (unpaired) electrons. The van der Waals surface area contributed by atoms with Gasteiger partial charge in [-0.15, -0.1) is 0 Å². The molecule has 1 fully saturated rings. The molecule has 0 aliphatic heterocycles. The van der Waals surface area contributed by atoms with E-state index in [0.29, 0.717) is 6.04 Å². The van der Waals surface area contributed by atoms with E-state index in [4.69, 9.17) is 4.74 Å². The summed E-state index contributed by atoms with van der Waals surface area (Å²) in [5.74, 6) is 0. The van der Waals surface area contributed by atoms with Crippen molar-refractivity contribution in [2.45, 2.75) is 96.2 Å². The van der Waals surface area contributed by atoms with Crippen molar-refractivity contribution in [3.8, 4) is 6.07 Å². The minimum Gasteiger partial charge on any atom is -0.378 e. The molecule has 0 saturated heterocycles. The number of nitrogens with zero attached hydrogens (tertiary/aromatic N) is 1. The van der Waals surface area contributed by atoms with E-state index in [2.05, 4.69) is 25.2 Å². The van der Waals surface area contributed by atoms with Crippen LogP contribution in [0.1, 0.15) is 78.6 Å². The van der Waals surface area contributed by atoms with Gasteiger partial charge in [0.1, 0.15) is 5.54 Å². The molecule has 1 rings (SSSR count). The lowest BCUT2D eigenvalue weighted by molar-refractivity contribution is 0.0449. The van der Waals surface area contributed by atoms with Gasteiger partial charge in [-0.2, -0.15) is 5.26 Å². The van der Waals surface area contributed by atoms with Gasteiger partial charge in [0.25, 0.3) is 0 Å². The Kier molecular flexibility index (Phi) is 8.18. The van der Waals surface area contributed by atoms with E-state index in [-0.39, 0.29) is 6.10 Å². The van der Waals surface area contributed by atoms with Crippen molar-refractivity contribution >= 4 is 0 Å². The summed E-state index contributed by atoms with van der Waals surface area (Å²) in [7, 11) is 0. The molecule has 2 atom stereocenters. The lowest BCUT2D eigenvalue weighted by Crippen LogP contribution is -2.45. The van der Waals surface area contributed by atoms with Gasteiger partial charge < -0.3 is 4.74 Å². The normalized spacial score (nSPS) is 19.3. The van der Waals surface area contributed by atoms with Crippen LogP contribution in [0.25, 0.3) is 0 Å². The van der Waals surface area contributed by atoms with Crippen LogP contribution in [0.3, 0.4) is 0 Å². The van der Waals surface area contributed by atoms with Gasteiger partial charge >= 0.3 is 0 Å². The van der Waals surface area contributed by atoms with Crippen LogP contribution in [-0.4, -0.2) is 24.3 Å². The maximum absolute atomic E-state index is 9.33. The molecule has 0 aromatic carbocycles. The first-order chi connectivity index (χ1) is 9.59. The molecule has 116 valence electrons. The molecule has 1 saturated carbocycles. The minimum atomic E-state index is -0.429. The SMILES string of the molecule is CCCCCCCCOC(C)CC(C)(C#N)NC1CC1. The third-order valence-electron chi connectivity index (χ3n) is 3.94. The molecule has 3 nitrogen and oxygen atoms in total. The highest BCUT2D eigenvalue weighted by atomic mass is 16.5. The highest BCUT2D eigenvalue weighted by Gasteiger charge is 2.33. The smallest absolute Gasteiger partial charge is 0.106 e. The number of rotatable bonds is 12. The zero-order chi connectivity index (χ0) is 14.8. The molecule has 20 heavy (non-hydrogen) atoms. The number of nitrogens with one attached hydrogen (secondary N) is 1. The Morgan fingerprint density at radius 3 is 2.50 bits per heavy atom. The molecule has 1 aliphatic rings. The summed E-state index contributed by atoms with van der Waals surface area (Å²) in [6.45, 7) is 7.15. The summed E-state index contributed by atoms with van der Waals surface area (Å²) < 4.78 is 5.86. The molecule has 1 aliphatic carbocycles. The predicted octanol–water partition coefficient (Wildman–Crippen LogP) is 4.18. The second kappa shape index (κ2) is 9.37. The number of hydrogen-bond donors (Lipinski definition) is 1. The van der Waals surface area contributed by atoms with E-state index >= 15 is 0 Å². The number of nitriles is 1. The number of hydrogen-bond acceptors (Lipinski definition) is 3. The predicted molar refractivity (Wildman–Crippen MR) is 83.6 cm³/mol. The Bertz CT molecular complexity index is 296. The van der Waals surface area contributed by atoms with Crippen molar-refractivity contribution in [1.29, 1.82) is 5.26 Å². The zero-order valence-corrected chi connectivity index (χ0v) is 13.6. The minimum absolute atomic E-state index is 0.154. The Morgan fingerprint density at radius 1 is 1.25 bits per heavy atom. The van der Waals surface area contributed by atoms with Gasteiger partial charge in [-0.3, -0.25) is 5.32 Å². The average Bonchev–Trinajstić information content (AvgIpc) is 3.21. The summed E-state index contributed by atoms with van der Waals surface area (Å²) in [4.78, 5) is 0. The topological polar surface area (TPSA) is 45.0 Å². The van der Waals surface area contributed by atoms with Gasteiger partial charge in [0, 0.05) is 19.1 Å². The molecule has 0 spiro atoms. The summed E-state index contributed by atoms with van der Waals surface area (Å²) in [6.07, 6.45) is 11.1. The monoisotopic (exact) mass is 280 g/mol. The average molecular weight is 280 g/mol. The first kappa shape index (κ1) is 17.5. The first-order valence-electron chi connectivity index (χ1n) is 8.40. The van der Waals surface area contributed by atoms with Crippen LogP contribution in [0.5, 0.6) is 0 Å². The largest absolute Gasteiger partial charge is 0.378 e. The van der Waals surface area contributed by atoms with Crippen LogP contribution in [0.2, 0.25) is 0 Å². The van der Waals surface area contributed by atoms with Crippen molar-refractivity contribution < 1.29 is 4.74 Å². The van der Waals surface area contributed by atoms with Crippen LogP contribution in [0.15, 0.2) is 0 Å². The van der Waals surface area contributed by atoms with E-state index in [9.17, 15) is 5.26 Å². The van der Waals surface area contributed by atoms with Crippen LogP contribution in [-0.2, 0) is 4.74 Å². The highest BCUT2D eigenvalue weighted by Crippen LogP contribution is 2.25. The Balaban J connectivity index is 2.06. The van der Waals surface area contributed by atoms with E-state index in [1.54, 1.807) is 0 Å². The van der Waals surface area contributed by atoms with Crippen molar-refractivity contribution in [3.63, 3.8) is 0 Å². The summed E-state index contributed by atoms with van der Waals surface area (Å²) in [5.41, 5.74) is -0.429. The molecule has 0 heterocycles. The zero-order valence-electron chi connectivity index (χ0n) is 13.6. The molecule has 3 heteroatoms. The second-order valence-corrected chi connectivity index (χ2v) is 6.52. The van der Waals surface area contributed by atoms with Crippen LogP contribution in [0, 0.1) is 11.3 Å². The molecule has 0 aromatic heterocycles. The standard InChI is InChI=1S/C17H32N2O/c1-4-5-6-7-8-9-12-20-15(2)13-17(3,14-18)19-16-10-11-16/h15-16,19H,4-13H2,1-3H3. The Morgan fingerprint density at radius 2 is 1.90 bits per heavy atom. The molecular weight excluding hydrogens is 248 g/mol. The fraction of sp³-hybridized carbons (Fsp3) is 0.941. The molecule has 0 amide bonds. The first-order valence-corrected chi connectivity index (χ1v) is 8.40. The van der Waals surface area contributed by atoms with Crippen molar-refractivity contribution in [2.24, 2.45) is 0 Å². The van der Waals surface area contributed by atoms with E-state index in [1.807, 2.05) is 6.92 Å². The van der Waals surface area contributed by atoms with Crippen molar-refractivity contribution in [1.82, 2.24) is 5.32 Å². The maximum atomic E-state index is 9.33. The lowest BCUT2D eigenvalue weighted by atomic mass is 9.96. The van der Waals surface area contributed by atoms with E-state index in [0.717, 1.165) is 19.4 Å². The van der Waals surface area contributed by atoms with Gasteiger partial charge in [0.15, 0.2) is 0 Å². The molecular formula is C17H32N2O. The van der Waals surface area contributed by atoms with Crippen molar-refractivity contribution in [2.75, 3.05) is 6.61 Å². The van der Waals surface area contributed by atoms with Crippen LogP contribution < -0.4 is 5.32 Å². The van der Waals surface area contributed by atoms with E-state index < -0.39 is 5.54 Å². The molecule has 1 N–H and O–H groups in total. The number of ether oxygens (including phenoxy) is 1. The van der Waals surface area contributed by atoms with Gasteiger partial charge in [0.05, 0.1) is 12.2 Å². The number of unbranched alkanes of at least 4 members (excludes halogenated alkanes) is 5. The Labute approximate surface area is 125 Å². The maximum Gasteiger partial charge on any atom is 0.106 e. The lowest BCUT2D eigenvalue weighted by Gasteiger charge is -2.26. The van der Waals surface area contributed by atoms with Crippen molar-refractivity contribution in [3.05, 3.63) is 0 Å². The third kappa shape index (κ3) is 7.87. The Hall–Kier alpha value is -0.590. The third-order valence-corrected chi connectivity index (χ3v) is 3.94. The highest BCUT2D eigenvalue weighted by molar-refractivity contribution is 5.07. The fourth-order valence-corrected chi connectivity index (χ4v) is 2.62. The van der Waals surface area contributed by atoms with Crippen LogP contribution >= 0.6 is 0 Å². The summed E-state index contributed by atoms with van der Waals surface area (Å²) in [6, 6.07) is 2.97.